The van der Waals surface area contributed by atoms with Gasteiger partial charge < -0.3 is 21.3 Å². The molecule has 272 valence electrons. The van der Waals surface area contributed by atoms with Crippen molar-refractivity contribution in [3.05, 3.63) is 35.4 Å². The maximum absolute atomic E-state index is 14.5. The summed E-state index contributed by atoms with van der Waals surface area (Å²) >= 11 is 0. The van der Waals surface area contributed by atoms with Gasteiger partial charge in [-0.15, -0.1) is 0 Å². The molecule has 6 amide bonds. The molecule has 1 unspecified atom stereocenters. The number of nitrogens with zero attached hydrogens (tertiary/aromatic N) is 2. The van der Waals surface area contributed by atoms with Gasteiger partial charge in [0.25, 0.3) is 17.7 Å². The third-order valence-electron chi connectivity index (χ3n) is 11.5. The molecule has 1 aromatic carbocycles. The van der Waals surface area contributed by atoms with Crippen LogP contribution in [0.3, 0.4) is 0 Å². The summed E-state index contributed by atoms with van der Waals surface area (Å²) in [5.74, 6) is -4.16. The average Bonchev–Trinajstić information content (AvgIpc) is 3.68. The molecule has 12 heteroatoms. The van der Waals surface area contributed by atoms with Crippen LogP contribution in [0.25, 0.3) is 0 Å². The number of ketones is 1. The van der Waals surface area contributed by atoms with Crippen molar-refractivity contribution in [3.63, 3.8) is 0 Å². The molecule has 6 atom stereocenters. The van der Waals surface area contributed by atoms with Crippen LogP contribution in [-0.2, 0) is 24.0 Å². The van der Waals surface area contributed by atoms with Crippen LogP contribution < -0.4 is 16.4 Å². The molecule has 2 aliphatic heterocycles. The molecule has 1 aromatic rings. The Morgan fingerprint density at radius 3 is 1.98 bits per heavy atom. The molecule has 2 saturated carbocycles. The molecule has 0 radical (unpaired) electrons. The number of nitrogens with one attached hydrogen (secondary N) is 2. The van der Waals surface area contributed by atoms with E-state index < -0.39 is 58.4 Å². The van der Waals surface area contributed by atoms with Gasteiger partial charge in [-0.3, -0.25) is 38.5 Å². The summed E-state index contributed by atoms with van der Waals surface area (Å²) in [5, 5.41) is 5.79. The van der Waals surface area contributed by atoms with Gasteiger partial charge in [0, 0.05) is 19.5 Å². The van der Waals surface area contributed by atoms with Crippen molar-refractivity contribution in [1.29, 1.82) is 0 Å². The molecule has 1 saturated heterocycles. The molecule has 4 aliphatic rings. The molecular formula is C38H53N5O7. The Labute approximate surface area is 294 Å². The van der Waals surface area contributed by atoms with Gasteiger partial charge in [0.15, 0.2) is 0 Å². The van der Waals surface area contributed by atoms with Crippen LogP contribution in [0.15, 0.2) is 24.3 Å². The zero-order chi connectivity index (χ0) is 36.7. The van der Waals surface area contributed by atoms with E-state index in [-0.39, 0.29) is 48.4 Å². The summed E-state index contributed by atoms with van der Waals surface area (Å²) in [6.45, 7) is 11.8. The van der Waals surface area contributed by atoms with Crippen molar-refractivity contribution in [1.82, 2.24) is 20.4 Å². The van der Waals surface area contributed by atoms with Crippen LogP contribution >= 0.6 is 0 Å². The quantitative estimate of drug-likeness (QED) is 0.223. The fourth-order valence-corrected chi connectivity index (χ4v) is 8.12. The standard InChI is InChI=1S/C38H53N5O7/c1-37(2,3)23(20-43-34(48)25-14-7-8-15-26(25)35(43)49)18-28(44)41-31(38(4,5)6)36(50)42-19-22-13-10-16-24(22)29(42)33(47)40-27(30(45)32(39)46)17-21-11-9-12-21/h7-8,14-15,21-24,27,29,31H,9-13,16-20H2,1-6H3,(H2,39,46)(H,40,47)(H,41,44)/t22-,23+,24-,27?,29-,31+/m0/s1. The van der Waals surface area contributed by atoms with Crippen molar-refractivity contribution in [2.24, 2.45) is 40.2 Å². The highest BCUT2D eigenvalue weighted by Crippen LogP contribution is 2.43. The molecule has 4 N–H and O–H groups in total. The largest absolute Gasteiger partial charge is 0.363 e. The molecule has 50 heavy (non-hydrogen) atoms. The number of imide groups is 1. The summed E-state index contributed by atoms with van der Waals surface area (Å²) in [6, 6.07) is 3.79. The molecular weight excluding hydrogens is 638 g/mol. The number of Topliss-reactive ketones (excluding diaryl/α,β-unsaturated/α-hetero) is 1. The highest BCUT2D eigenvalue weighted by molar-refractivity contribution is 6.37. The zero-order valence-electron chi connectivity index (χ0n) is 30.3. The molecule has 2 aliphatic carbocycles. The van der Waals surface area contributed by atoms with E-state index in [0.29, 0.717) is 24.1 Å². The van der Waals surface area contributed by atoms with Crippen LogP contribution in [0.2, 0.25) is 0 Å². The first kappa shape index (κ1) is 37.2. The van der Waals surface area contributed by atoms with Gasteiger partial charge >= 0.3 is 0 Å². The Bertz CT molecular complexity index is 1520. The lowest BCUT2D eigenvalue weighted by atomic mass is 9.78. The monoisotopic (exact) mass is 691 g/mol. The van der Waals surface area contributed by atoms with E-state index in [2.05, 4.69) is 10.6 Å². The van der Waals surface area contributed by atoms with Crippen molar-refractivity contribution in [3.8, 4) is 0 Å². The first-order chi connectivity index (χ1) is 23.4. The number of hydrogen-bond donors (Lipinski definition) is 3. The summed E-state index contributed by atoms with van der Waals surface area (Å²) in [5.41, 5.74) is 4.84. The Balaban J connectivity index is 1.33. The summed E-state index contributed by atoms with van der Waals surface area (Å²) in [4.78, 5) is 96.1. The molecule has 2 heterocycles. The normalized spacial score (nSPS) is 23.8. The van der Waals surface area contributed by atoms with Crippen molar-refractivity contribution >= 4 is 41.2 Å². The van der Waals surface area contributed by atoms with Crippen molar-refractivity contribution in [2.75, 3.05) is 13.1 Å². The number of amides is 6. The Kier molecular flexibility index (Phi) is 10.6. The first-order valence-electron chi connectivity index (χ1n) is 18.1. The summed E-state index contributed by atoms with van der Waals surface area (Å²) in [7, 11) is 0. The zero-order valence-corrected chi connectivity index (χ0v) is 30.3. The number of carbonyl (C=O) groups is 7. The second-order valence-corrected chi connectivity index (χ2v) is 17.0. The predicted molar refractivity (Wildman–Crippen MR) is 185 cm³/mol. The minimum atomic E-state index is -1.10. The van der Waals surface area contributed by atoms with Crippen molar-refractivity contribution < 1.29 is 33.6 Å². The van der Waals surface area contributed by atoms with Gasteiger partial charge in [0.05, 0.1) is 17.2 Å². The highest BCUT2D eigenvalue weighted by Gasteiger charge is 2.52. The Morgan fingerprint density at radius 2 is 1.46 bits per heavy atom. The van der Waals surface area contributed by atoms with Crippen LogP contribution in [-0.4, -0.2) is 82.2 Å². The number of benzene rings is 1. The lowest BCUT2D eigenvalue weighted by Gasteiger charge is -2.38. The van der Waals surface area contributed by atoms with Gasteiger partial charge in [-0.2, -0.15) is 0 Å². The Morgan fingerprint density at radius 1 is 0.860 bits per heavy atom. The van der Waals surface area contributed by atoms with E-state index in [0.717, 1.165) is 38.5 Å². The number of rotatable bonds is 12. The number of likely N-dealkylation sites (tertiary alicyclic amines) is 1. The fraction of sp³-hybridized carbons (Fsp3) is 0.658. The highest BCUT2D eigenvalue weighted by atomic mass is 16.2. The SMILES string of the molecule is CC(C)(C)[C@H](CC(=O)N[C@H](C(=O)N1C[C@@H]2CCC[C@@H]2[C@H]1C(=O)NC(CC1CCC1)C(=O)C(N)=O)C(C)(C)C)CN1C(=O)c2ccccc2C1=O. The van der Waals surface area contributed by atoms with Crippen molar-refractivity contribution in [2.45, 2.75) is 111 Å². The summed E-state index contributed by atoms with van der Waals surface area (Å²) in [6.07, 6.45) is 5.69. The predicted octanol–water partition coefficient (Wildman–Crippen LogP) is 3.22. The minimum Gasteiger partial charge on any atom is -0.363 e. The van der Waals surface area contributed by atoms with E-state index in [1.54, 1.807) is 29.2 Å². The van der Waals surface area contributed by atoms with Gasteiger partial charge in [0.1, 0.15) is 12.1 Å². The van der Waals surface area contributed by atoms with Crippen LogP contribution in [0, 0.1) is 34.5 Å². The third kappa shape index (κ3) is 7.63. The van der Waals surface area contributed by atoms with E-state index in [1.165, 1.54) is 4.90 Å². The molecule has 0 spiro atoms. The van der Waals surface area contributed by atoms with Crippen LogP contribution in [0.5, 0.6) is 0 Å². The fourth-order valence-electron chi connectivity index (χ4n) is 8.12. The van der Waals surface area contributed by atoms with Crippen LogP contribution in [0.4, 0.5) is 0 Å². The van der Waals surface area contributed by atoms with E-state index >= 15 is 0 Å². The number of nitrogens with two attached hydrogens (primary N) is 1. The maximum atomic E-state index is 14.5. The van der Waals surface area contributed by atoms with Gasteiger partial charge in [-0.25, -0.2) is 0 Å². The second-order valence-electron chi connectivity index (χ2n) is 17.0. The van der Waals surface area contributed by atoms with Crippen LogP contribution in [0.1, 0.15) is 114 Å². The van der Waals surface area contributed by atoms with Gasteiger partial charge in [-0.05, 0) is 65.9 Å². The van der Waals surface area contributed by atoms with E-state index in [4.69, 9.17) is 5.73 Å². The molecule has 0 bridgehead atoms. The second kappa shape index (κ2) is 14.3. The molecule has 0 aromatic heterocycles. The topological polar surface area (TPSA) is 176 Å². The average molecular weight is 692 g/mol. The number of hydrogen-bond acceptors (Lipinski definition) is 7. The van der Waals surface area contributed by atoms with E-state index in [1.807, 2.05) is 41.5 Å². The van der Waals surface area contributed by atoms with E-state index in [9.17, 15) is 33.6 Å². The maximum Gasteiger partial charge on any atom is 0.287 e. The molecule has 5 rings (SSSR count). The van der Waals surface area contributed by atoms with Gasteiger partial charge in [-0.1, -0.05) is 79.4 Å². The summed E-state index contributed by atoms with van der Waals surface area (Å²) < 4.78 is 0. The lowest BCUT2D eigenvalue weighted by molar-refractivity contribution is -0.146. The minimum absolute atomic E-state index is 0.0377. The first-order valence-corrected chi connectivity index (χ1v) is 18.1. The molecule has 12 nitrogen and oxygen atoms in total. The molecule has 3 fully saturated rings. The Hall–Kier alpha value is -4.09. The lowest BCUT2D eigenvalue weighted by Crippen LogP contribution is -2.60. The third-order valence-corrected chi connectivity index (χ3v) is 11.5. The number of fused-ring (bicyclic) bond motifs is 2. The number of carbonyl (C=O) groups excluding carboxylic acids is 7. The van der Waals surface area contributed by atoms with Gasteiger partial charge in [0.2, 0.25) is 23.5 Å². The number of primary amides is 1. The smallest absolute Gasteiger partial charge is 0.287 e.